The lowest BCUT2D eigenvalue weighted by Gasteiger charge is -2.36. The molecular weight excluding hydrogens is 409 g/mol. The average molecular weight is 427 g/mol. The molecule has 3 atom stereocenters. The van der Waals surface area contributed by atoms with Gasteiger partial charge in [-0.1, -0.05) is 17.7 Å². The quantitative estimate of drug-likeness (QED) is 0.679. The molecule has 2 fully saturated rings. The Morgan fingerprint density at radius 2 is 2.03 bits per heavy atom. The first-order chi connectivity index (χ1) is 13.8. The number of halogens is 4. The van der Waals surface area contributed by atoms with Gasteiger partial charge in [-0.05, 0) is 6.42 Å². The second kappa shape index (κ2) is 7.37. The van der Waals surface area contributed by atoms with Crippen molar-refractivity contribution in [2.24, 2.45) is 11.8 Å². The zero-order valence-corrected chi connectivity index (χ0v) is 16.1. The SMILES string of the molecule is N#CC1CC=C(N2C[C@@H]3CN(c4cc(Cl)ncn4)CCN3C2=O)CC1C(F)(F)F. The van der Waals surface area contributed by atoms with Gasteiger partial charge in [0.15, 0.2) is 0 Å². The fraction of sp³-hybridized carbons (Fsp3) is 0.556. The number of carbonyl (C=O) groups is 1. The number of allylic oxidation sites excluding steroid dienone is 2. The molecule has 2 amide bonds. The van der Waals surface area contributed by atoms with Crippen LogP contribution in [0.3, 0.4) is 0 Å². The first-order valence-corrected chi connectivity index (χ1v) is 9.61. The molecule has 1 aromatic rings. The van der Waals surface area contributed by atoms with Crippen LogP contribution in [0.4, 0.5) is 23.8 Å². The third-order valence-electron chi connectivity index (χ3n) is 5.75. The van der Waals surface area contributed by atoms with Gasteiger partial charge in [-0.3, -0.25) is 4.90 Å². The van der Waals surface area contributed by atoms with Crippen molar-refractivity contribution >= 4 is 23.4 Å². The highest BCUT2D eigenvalue weighted by Crippen LogP contribution is 2.43. The monoisotopic (exact) mass is 426 g/mol. The molecule has 0 aromatic carbocycles. The van der Waals surface area contributed by atoms with Gasteiger partial charge in [0.25, 0.3) is 0 Å². The Bertz CT molecular complexity index is 885. The molecule has 0 spiro atoms. The first kappa shape index (κ1) is 19.8. The topological polar surface area (TPSA) is 76.4 Å². The number of amides is 2. The van der Waals surface area contributed by atoms with Gasteiger partial charge >= 0.3 is 12.2 Å². The van der Waals surface area contributed by atoms with E-state index in [0.717, 1.165) is 0 Å². The van der Waals surface area contributed by atoms with Gasteiger partial charge in [0.1, 0.15) is 17.3 Å². The second-order valence-electron chi connectivity index (χ2n) is 7.40. The zero-order chi connectivity index (χ0) is 20.8. The van der Waals surface area contributed by atoms with Crippen LogP contribution >= 0.6 is 11.6 Å². The van der Waals surface area contributed by atoms with E-state index < -0.39 is 18.0 Å². The Morgan fingerprint density at radius 1 is 1.24 bits per heavy atom. The maximum atomic E-state index is 13.4. The van der Waals surface area contributed by atoms with Gasteiger partial charge in [0, 0.05) is 44.4 Å². The Kier molecular flexibility index (Phi) is 5.02. The maximum Gasteiger partial charge on any atom is 0.393 e. The van der Waals surface area contributed by atoms with Crippen molar-refractivity contribution in [3.63, 3.8) is 0 Å². The van der Waals surface area contributed by atoms with E-state index in [-0.39, 0.29) is 24.9 Å². The number of aromatic nitrogens is 2. The van der Waals surface area contributed by atoms with Gasteiger partial charge in [-0.15, -0.1) is 0 Å². The molecule has 0 bridgehead atoms. The van der Waals surface area contributed by atoms with Crippen LogP contribution in [0.5, 0.6) is 0 Å². The van der Waals surface area contributed by atoms with Crippen LogP contribution in [0.1, 0.15) is 12.8 Å². The summed E-state index contributed by atoms with van der Waals surface area (Å²) in [6, 6.07) is 2.95. The lowest BCUT2D eigenvalue weighted by Crippen LogP contribution is -2.52. The minimum absolute atomic E-state index is 0.00395. The van der Waals surface area contributed by atoms with Gasteiger partial charge < -0.3 is 9.80 Å². The number of hydrogen-bond donors (Lipinski definition) is 0. The standard InChI is InChI=1S/C18H18ClF3N6O/c19-15-6-16(25-10-24-15)26-3-4-27-13(8-26)9-28(17(27)29)12-2-1-11(7-23)14(5-12)18(20,21)22/h2,6,10-11,13-14H,1,3-5,8-9H2/t11?,13-,14?/m0/s1. The molecule has 7 nitrogen and oxygen atoms in total. The van der Waals surface area contributed by atoms with Crippen LogP contribution in [0.2, 0.25) is 5.15 Å². The van der Waals surface area contributed by atoms with Crippen LogP contribution in [-0.2, 0) is 0 Å². The van der Waals surface area contributed by atoms with Crippen LogP contribution < -0.4 is 4.90 Å². The summed E-state index contributed by atoms with van der Waals surface area (Å²) in [5.74, 6) is -2.21. The molecule has 11 heteroatoms. The van der Waals surface area contributed by atoms with Gasteiger partial charge in [0.05, 0.1) is 23.9 Å². The average Bonchev–Trinajstić information content (AvgIpc) is 3.03. The molecule has 1 aliphatic carbocycles. The number of nitrogens with zero attached hydrogens (tertiary/aromatic N) is 6. The molecule has 3 heterocycles. The molecule has 29 heavy (non-hydrogen) atoms. The fourth-order valence-electron chi connectivity index (χ4n) is 4.24. The number of carbonyl (C=O) groups excluding carboxylic acids is 1. The van der Waals surface area contributed by atoms with E-state index in [1.54, 1.807) is 23.1 Å². The molecule has 3 aliphatic rings. The van der Waals surface area contributed by atoms with Crippen LogP contribution in [0.25, 0.3) is 0 Å². The van der Waals surface area contributed by atoms with E-state index in [9.17, 15) is 18.0 Å². The lowest BCUT2D eigenvalue weighted by atomic mass is 9.81. The Morgan fingerprint density at radius 3 is 2.72 bits per heavy atom. The second-order valence-corrected chi connectivity index (χ2v) is 7.79. The summed E-state index contributed by atoms with van der Waals surface area (Å²) >= 11 is 5.92. The summed E-state index contributed by atoms with van der Waals surface area (Å²) < 4.78 is 40.1. The minimum Gasteiger partial charge on any atom is -0.353 e. The van der Waals surface area contributed by atoms with E-state index in [0.29, 0.717) is 42.8 Å². The normalized spacial score (nSPS) is 27.6. The van der Waals surface area contributed by atoms with Crippen molar-refractivity contribution < 1.29 is 18.0 Å². The van der Waals surface area contributed by atoms with Crippen molar-refractivity contribution in [2.75, 3.05) is 31.1 Å². The minimum atomic E-state index is -4.47. The summed E-state index contributed by atoms with van der Waals surface area (Å²) in [4.78, 5) is 26.0. The third-order valence-corrected chi connectivity index (χ3v) is 5.96. The molecule has 2 saturated heterocycles. The zero-order valence-electron chi connectivity index (χ0n) is 15.3. The van der Waals surface area contributed by atoms with E-state index in [4.69, 9.17) is 16.9 Å². The van der Waals surface area contributed by atoms with E-state index in [1.807, 2.05) is 4.90 Å². The molecule has 0 N–H and O–H groups in total. The van der Waals surface area contributed by atoms with E-state index in [1.165, 1.54) is 11.2 Å². The number of rotatable bonds is 2. The van der Waals surface area contributed by atoms with Gasteiger partial charge in [0.2, 0.25) is 0 Å². The maximum absolute atomic E-state index is 13.4. The molecule has 2 aliphatic heterocycles. The fourth-order valence-corrected chi connectivity index (χ4v) is 4.38. The van der Waals surface area contributed by atoms with Crippen molar-refractivity contribution in [1.29, 1.82) is 5.26 Å². The summed E-state index contributed by atoms with van der Waals surface area (Å²) in [6.45, 7) is 1.80. The number of anilines is 1. The summed E-state index contributed by atoms with van der Waals surface area (Å²) in [5.41, 5.74) is 0.356. The van der Waals surface area contributed by atoms with Gasteiger partial charge in [-0.2, -0.15) is 18.4 Å². The molecule has 154 valence electrons. The number of piperazine rings is 1. The van der Waals surface area contributed by atoms with E-state index >= 15 is 0 Å². The lowest BCUT2D eigenvalue weighted by molar-refractivity contribution is -0.185. The Labute approximate surface area is 170 Å². The predicted octanol–water partition coefficient (Wildman–Crippen LogP) is 3.05. The highest BCUT2D eigenvalue weighted by atomic mass is 35.5. The summed E-state index contributed by atoms with van der Waals surface area (Å²) in [5, 5.41) is 9.38. The largest absolute Gasteiger partial charge is 0.393 e. The number of hydrogen-bond acceptors (Lipinski definition) is 5. The highest BCUT2D eigenvalue weighted by molar-refractivity contribution is 6.29. The van der Waals surface area contributed by atoms with Gasteiger partial charge in [-0.25, -0.2) is 14.8 Å². The Hall–Kier alpha value is -2.54. The Balaban J connectivity index is 1.50. The molecule has 2 unspecified atom stereocenters. The van der Waals surface area contributed by atoms with Crippen molar-refractivity contribution in [1.82, 2.24) is 19.8 Å². The first-order valence-electron chi connectivity index (χ1n) is 9.24. The van der Waals surface area contributed by atoms with Crippen molar-refractivity contribution in [3.8, 4) is 6.07 Å². The summed E-state index contributed by atoms with van der Waals surface area (Å²) in [6.07, 6.45) is -1.85. The number of fused-ring (bicyclic) bond motifs is 1. The molecule has 1 aromatic heterocycles. The van der Waals surface area contributed by atoms with E-state index in [2.05, 4.69) is 9.97 Å². The van der Waals surface area contributed by atoms with Crippen LogP contribution in [-0.4, -0.2) is 64.2 Å². The number of urea groups is 1. The molecule has 0 radical (unpaired) electrons. The smallest absolute Gasteiger partial charge is 0.353 e. The number of alkyl halides is 3. The molecule has 0 saturated carbocycles. The summed E-state index contributed by atoms with van der Waals surface area (Å²) in [7, 11) is 0. The van der Waals surface area contributed by atoms with Crippen LogP contribution in [0.15, 0.2) is 24.2 Å². The van der Waals surface area contributed by atoms with Crippen molar-refractivity contribution in [2.45, 2.75) is 25.1 Å². The third kappa shape index (κ3) is 3.71. The number of nitriles is 1. The van der Waals surface area contributed by atoms with Crippen molar-refractivity contribution in [3.05, 3.63) is 29.3 Å². The van der Waals surface area contributed by atoms with Crippen LogP contribution in [0, 0.1) is 23.2 Å². The predicted molar refractivity (Wildman–Crippen MR) is 97.8 cm³/mol. The molecule has 4 rings (SSSR count). The molecular formula is C18H18ClF3N6O. The highest BCUT2D eigenvalue weighted by Gasteiger charge is 2.49.